The van der Waals surface area contributed by atoms with E-state index in [9.17, 15) is 5.11 Å². The van der Waals surface area contributed by atoms with Crippen LogP contribution in [0.2, 0.25) is 0 Å². The van der Waals surface area contributed by atoms with Crippen LogP contribution in [0.25, 0.3) is 5.57 Å². The minimum Gasteiger partial charge on any atom is -0.507 e. The van der Waals surface area contributed by atoms with Gasteiger partial charge in [-0.05, 0) is 49.6 Å². The molecule has 0 aromatic heterocycles. The predicted molar refractivity (Wildman–Crippen MR) is 85.3 cm³/mol. The molecule has 0 atom stereocenters. The van der Waals surface area contributed by atoms with E-state index in [1.807, 2.05) is 45.1 Å². The molecule has 0 spiro atoms. The van der Waals surface area contributed by atoms with Gasteiger partial charge in [-0.15, -0.1) is 0 Å². The summed E-state index contributed by atoms with van der Waals surface area (Å²) >= 11 is 0. The molecule has 0 saturated carbocycles. The SMILES string of the molecule is C/C=C(\C=C/CC)c1cc(CCN)ccc1O.CC. The maximum atomic E-state index is 9.90. The van der Waals surface area contributed by atoms with Gasteiger partial charge in [0.1, 0.15) is 5.75 Å². The first kappa shape index (κ1) is 17.5. The number of hydrogen-bond acceptors (Lipinski definition) is 2. The summed E-state index contributed by atoms with van der Waals surface area (Å²) in [6, 6.07) is 5.67. The van der Waals surface area contributed by atoms with E-state index in [4.69, 9.17) is 5.73 Å². The Balaban J connectivity index is 0.00000154. The Morgan fingerprint density at radius 2 is 2.00 bits per heavy atom. The second-order valence-electron chi connectivity index (χ2n) is 3.94. The summed E-state index contributed by atoms with van der Waals surface area (Å²) < 4.78 is 0. The first-order valence-corrected chi connectivity index (χ1v) is 7.08. The van der Waals surface area contributed by atoms with E-state index in [2.05, 4.69) is 13.0 Å². The lowest BCUT2D eigenvalue weighted by Crippen LogP contribution is -2.02. The molecule has 0 unspecified atom stereocenters. The monoisotopic (exact) mass is 261 g/mol. The van der Waals surface area contributed by atoms with Crippen LogP contribution in [0.1, 0.15) is 45.2 Å². The smallest absolute Gasteiger partial charge is 0.123 e. The van der Waals surface area contributed by atoms with E-state index < -0.39 is 0 Å². The van der Waals surface area contributed by atoms with Gasteiger partial charge >= 0.3 is 0 Å². The minimum absolute atomic E-state index is 0.319. The van der Waals surface area contributed by atoms with Crippen LogP contribution in [-0.4, -0.2) is 11.7 Å². The number of nitrogens with two attached hydrogens (primary N) is 1. The number of aromatic hydroxyl groups is 1. The van der Waals surface area contributed by atoms with Gasteiger partial charge in [0.25, 0.3) is 0 Å². The molecule has 0 heterocycles. The maximum Gasteiger partial charge on any atom is 0.123 e. The Bertz CT molecular complexity index is 419. The Labute approximate surface area is 117 Å². The van der Waals surface area contributed by atoms with Crippen LogP contribution in [0.15, 0.2) is 36.4 Å². The van der Waals surface area contributed by atoms with Crippen LogP contribution in [0, 0.1) is 0 Å². The standard InChI is InChI=1S/C15H21NO.C2H6/c1-3-5-6-13(4-2)14-11-12(9-10-16)7-8-15(14)17;1-2/h4-8,11,17H,3,9-10,16H2,1-2H3;1-2H3/b6-5-,13-4+;. The fourth-order valence-electron chi connectivity index (χ4n) is 1.72. The van der Waals surface area contributed by atoms with Crippen molar-refractivity contribution in [1.82, 2.24) is 0 Å². The molecule has 0 bridgehead atoms. The van der Waals surface area contributed by atoms with Crippen molar-refractivity contribution in [3.8, 4) is 5.75 Å². The summed E-state index contributed by atoms with van der Waals surface area (Å²) in [6.07, 6.45) is 7.96. The summed E-state index contributed by atoms with van der Waals surface area (Å²) in [6.45, 7) is 8.69. The quantitative estimate of drug-likeness (QED) is 0.777. The third-order valence-corrected chi connectivity index (χ3v) is 2.65. The van der Waals surface area contributed by atoms with Crippen LogP contribution in [0.4, 0.5) is 0 Å². The fraction of sp³-hybridized carbons (Fsp3) is 0.412. The average Bonchev–Trinajstić information content (AvgIpc) is 2.45. The highest BCUT2D eigenvalue weighted by Gasteiger charge is 2.05. The molecule has 0 aliphatic carbocycles. The molecule has 1 aromatic rings. The van der Waals surface area contributed by atoms with E-state index in [0.717, 1.165) is 29.5 Å². The number of rotatable bonds is 5. The molecule has 3 N–H and O–H groups in total. The van der Waals surface area contributed by atoms with Crippen LogP contribution >= 0.6 is 0 Å². The predicted octanol–water partition coefficient (Wildman–Crippen LogP) is 4.29. The lowest BCUT2D eigenvalue weighted by atomic mass is 10.00. The zero-order valence-corrected chi connectivity index (χ0v) is 12.6. The average molecular weight is 261 g/mol. The lowest BCUT2D eigenvalue weighted by Gasteiger charge is -2.08. The second-order valence-corrected chi connectivity index (χ2v) is 3.94. The normalized spacial score (nSPS) is 11.3. The maximum absolute atomic E-state index is 9.90. The Morgan fingerprint density at radius 3 is 2.53 bits per heavy atom. The van der Waals surface area contributed by atoms with Gasteiger partial charge in [-0.2, -0.15) is 0 Å². The van der Waals surface area contributed by atoms with Crippen LogP contribution in [-0.2, 0) is 6.42 Å². The van der Waals surface area contributed by atoms with Gasteiger partial charge in [-0.25, -0.2) is 0 Å². The van der Waals surface area contributed by atoms with Gasteiger partial charge in [-0.1, -0.05) is 45.1 Å². The van der Waals surface area contributed by atoms with Crippen molar-refractivity contribution in [2.45, 2.75) is 40.5 Å². The summed E-state index contributed by atoms with van der Waals surface area (Å²) in [5.41, 5.74) is 8.63. The summed E-state index contributed by atoms with van der Waals surface area (Å²) in [5, 5.41) is 9.90. The third kappa shape index (κ3) is 5.75. The van der Waals surface area contributed by atoms with Crippen LogP contribution < -0.4 is 5.73 Å². The molecule has 1 rings (SSSR count). The van der Waals surface area contributed by atoms with Crippen molar-refractivity contribution in [3.63, 3.8) is 0 Å². The van der Waals surface area contributed by atoms with Crippen molar-refractivity contribution < 1.29 is 5.11 Å². The molecule has 1 aromatic carbocycles. The molecule has 19 heavy (non-hydrogen) atoms. The van der Waals surface area contributed by atoms with E-state index in [1.165, 1.54) is 0 Å². The molecule has 0 fully saturated rings. The Kier molecular flexibility index (Phi) is 9.55. The number of allylic oxidation sites excluding steroid dienone is 4. The molecule has 0 radical (unpaired) electrons. The first-order chi connectivity index (χ1) is 9.22. The molecule has 2 heteroatoms. The van der Waals surface area contributed by atoms with Crippen molar-refractivity contribution in [2.75, 3.05) is 6.54 Å². The topological polar surface area (TPSA) is 46.2 Å². The summed E-state index contributed by atoms with van der Waals surface area (Å²) in [7, 11) is 0. The number of hydrogen-bond donors (Lipinski definition) is 2. The van der Waals surface area contributed by atoms with Gasteiger partial charge in [0.2, 0.25) is 0 Å². The second kappa shape index (κ2) is 10.4. The van der Waals surface area contributed by atoms with Gasteiger partial charge in [0, 0.05) is 5.56 Å². The largest absolute Gasteiger partial charge is 0.507 e. The number of phenolic OH excluding ortho intramolecular Hbond substituents is 1. The highest BCUT2D eigenvalue weighted by atomic mass is 16.3. The first-order valence-electron chi connectivity index (χ1n) is 7.08. The van der Waals surface area contributed by atoms with E-state index in [0.29, 0.717) is 12.3 Å². The van der Waals surface area contributed by atoms with Crippen molar-refractivity contribution in [3.05, 3.63) is 47.6 Å². The Morgan fingerprint density at radius 1 is 1.32 bits per heavy atom. The molecular weight excluding hydrogens is 234 g/mol. The van der Waals surface area contributed by atoms with Crippen molar-refractivity contribution in [1.29, 1.82) is 0 Å². The molecule has 2 nitrogen and oxygen atoms in total. The highest BCUT2D eigenvalue weighted by molar-refractivity contribution is 5.77. The molecule has 0 aliphatic heterocycles. The zero-order chi connectivity index (χ0) is 14.7. The van der Waals surface area contributed by atoms with Gasteiger partial charge in [-0.3, -0.25) is 0 Å². The number of phenols is 1. The highest BCUT2D eigenvalue weighted by Crippen LogP contribution is 2.27. The fourth-order valence-corrected chi connectivity index (χ4v) is 1.72. The molecule has 0 saturated heterocycles. The zero-order valence-electron chi connectivity index (χ0n) is 12.6. The van der Waals surface area contributed by atoms with Crippen molar-refractivity contribution >= 4 is 5.57 Å². The lowest BCUT2D eigenvalue weighted by molar-refractivity contribution is 0.473. The summed E-state index contributed by atoms with van der Waals surface area (Å²) in [5.74, 6) is 0.319. The van der Waals surface area contributed by atoms with E-state index in [1.54, 1.807) is 6.07 Å². The van der Waals surface area contributed by atoms with Gasteiger partial charge < -0.3 is 10.8 Å². The van der Waals surface area contributed by atoms with Crippen LogP contribution in [0.3, 0.4) is 0 Å². The molecule has 106 valence electrons. The number of benzene rings is 1. The van der Waals surface area contributed by atoms with E-state index >= 15 is 0 Å². The minimum atomic E-state index is 0.319. The third-order valence-electron chi connectivity index (χ3n) is 2.65. The van der Waals surface area contributed by atoms with Crippen LogP contribution in [0.5, 0.6) is 5.75 Å². The molecule has 0 aliphatic rings. The van der Waals surface area contributed by atoms with E-state index in [-0.39, 0.29) is 0 Å². The Hall–Kier alpha value is -1.54. The van der Waals surface area contributed by atoms with Gasteiger partial charge in [0.05, 0.1) is 0 Å². The van der Waals surface area contributed by atoms with Gasteiger partial charge in [0.15, 0.2) is 0 Å². The van der Waals surface area contributed by atoms with Crippen molar-refractivity contribution in [2.24, 2.45) is 5.73 Å². The molecular formula is C17H27NO. The molecule has 0 amide bonds. The summed E-state index contributed by atoms with van der Waals surface area (Å²) in [4.78, 5) is 0.